The molecule has 1 aliphatic carbocycles. The van der Waals surface area contributed by atoms with Crippen molar-refractivity contribution in [2.75, 3.05) is 0 Å². The van der Waals surface area contributed by atoms with Crippen LogP contribution in [-0.2, 0) is 13.0 Å². The van der Waals surface area contributed by atoms with Gasteiger partial charge in [-0.15, -0.1) is 0 Å². The van der Waals surface area contributed by atoms with Gasteiger partial charge < -0.3 is 5.32 Å². The van der Waals surface area contributed by atoms with Crippen molar-refractivity contribution >= 4 is 5.91 Å². The molecule has 0 saturated heterocycles. The summed E-state index contributed by atoms with van der Waals surface area (Å²) in [5, 5.41) is 7.73. The molecular formula is C20H20N4O. The quantitative estimate of drug-likeness (QED) is 0.798. The Morgan fingerprint density at radius 1 is 1.16 bits per heavy atom. The maximum atomic E-state index is 12.5. The molecule has 0 bridgehead atoms. The van der Waals surface area contributed by atoms with E-state index in [2.05, 4.69) is 32.2 Å². The first-order valence-electron chi connectivity index (χ1n) is 8.60. The highest BCUT2D eigenvalue weighted by molar-refractivity contribution is 5.94. The monoisotopic (exact) mass is 332 g/mol. The van der Waals surface area contributed by atoms with E-state index in [-0.39, 0.29) is 11.9 Å². The van der Waals surface area contributed by atoms with Crippen LogP contribution in [0.15, 0.2) is 61.1 Å². The van der Waals surface area contributed by atoms with Gasteiger partial charge in [-0.1, -0.05) is 30.3 Å². The highest BCUT2D eigenvalue weighted by Crippen LogP contribution is 2.30. The Morgan fingerprint density at radius 2 is 1.96 bits per heavy atom. The van der Waals surface area contributed by atoms with Crippen molar-refractivity contribution in [3.8, 4) is 0 Å². The number of fused-ring (bicyclic) bond motifs is 1. The van der Waals surface area contributed by atoms with E-state index in [9.17, 15) is 4.79 Å². The smallest absolute Gasteiger partial charge is 0.251 e. The van der Waals surface area contributed by atoms with Crippen molar-refractivity contribution in [1.82, 2.24) is 20.1 Å². The molecule has 1 aliphatic rings. The summed E-state index contributed by atoms with van der Waals surface area (Å²) < 4.78 is 2.06. The van der Waals surface area contributed by atoms with Crippen LogP contribution in [0.3, 0.4) is 0 Å². The summed E-state index contributed by atoms with van der Waals surface area (Å²) in [5.74, 6) is -0.0592. The fraction of sp³-hybridized carbons (Fsp3) is 0.250. The Labute approximate surface area is 146 Å². The molecule has 0 radical (unpaired) electrons. The molecule has 5 nitrogen and oxygen atoms in total. The lowest BCUT2D eigenvalue weighted by Gasteiger charge is -2.24. The minimum atomic E-state index is -0.0592. The van der Waals surface area contributed by atoms with Crippen LogP contribution in [-0.4, -0.2) is 20.7 Å². The number of carbonyl (C=O) groups excluding carboxylic acids is 1. The van der Waals surface area contributed by atoms with E-state index in [1.165, 1.54) is 11.3 Å². The second kappa shape index (κ2) is 6.89. The number of nitrogens with one attached hydrogen (secondary N) is 1. The van der Waals surface area contributed by atoms with Gasteiger partial charge in [0.05, 0.1) is 18.8 Å². The van der Waals surface area contributed by atoms with Crippen molar-refractivity contribution in [3.05, 3.63) is 83.4 Å². The third kappa shape index (κ3) is 3.31. The molecule has 1 amide bonds. The van der Waals surface area contributed by atoms with E-state index in [1.807, 2.05) is 24.4 Å². The number of hydrogen-bond donors (Lipinski definition) is 1. The van der Waals surface area contributed by atoms with Crippen molar-refractivity contribution in [2.24, 2.45) is 0 Å². The summed E-state index contributed by atoms with van der Waals surface area (Å²) in [7, 11) is 0. The molecule has 0 fully saturated rings. The summed E-state index contributed by atoms with van der Waals surface area (Å²) in [4.78, 5) is 16.4. The molecule has 4 rings (SSSR count). The van der Waals surface area contributed by atoms with Gasteiger partial charge in [-0.05, 0) is 37.0 Å². The minimum Gasteiger partial charge on any atom is -0.345 e. The maximum Gasteiger partial charge on any atom is 0.251 e. The second-order valence-corrected chi connectivity index (χ2v) is 6.34. The number of benzene rings is 1. The van der Waals surface area contributed by atoms with Gasteiger partial charge in [0.1, 0.15) is 0 Å². The van der Waals surface area contributed by atoms with E-state index in [0.717, 1.165) is 31.4 Å². The van der Waals surface area contributed by atoms with Crippen LogP contribution in [0.1, 0.15) is 46.1 Å². The molecule has 3 aromatic rings. The molecule has 25 heavy (non-hydrogen) atoms. The normalized spacial score (nSPS) is 16.2. The van der Waals surface area contributed by atoms with Gasteiger partial charge in [0.2, 0.25) is 0 Å². The zero-order chi connectivity index (χ0) is 17.1. The number of amides is 1. The van der Waals surface area contributed by atoms with E-state index >= 15 is 0 Å². The molecule has 1 atom stereocenters. The summed E-state index contributed by atoms with van der Waals surface area (Å²) in [6, 6.07) is 13.8. The summed E-state index contributed by atoms with van der Waals surface area (Å²) in [6.45, 7) is 0.765. The zero-order valence-electron chi connectivity index (χ0n) is 13.9. The molecule has 0 aliphatic heterocycles. The van der Waals surface area contributed by atoms with Crippen molar-refractivity contribution < 1.29 is 4.79 Å². The number of aromatic nitrogens is 3. The average Bonchev–Trinajstić information content (AvgIpc) is 3.07. The summed E-state index contributed by atoms with van der Waals surface area (Å²) >= 11 is 0. The van der Waals surface area contributed by atoms with Gasteiger partial charge in [-0.3, -0.25) is 14.5 Å². The Hall–Kier alpha value is -2.95. The van der Waals surface area contributed by atoms with Crippen LogP contribution in [0, 0.1) is 0 Å². The molecule has 0 unspecified atom stereocenters. The fourth-order valence-electron chi connectivity index (χ4n) is 3.41. The molecular weight excluding hydrogens is 312 g/mol. The van der Waals surface area contributed by atoms with Gasteiger partial charge in [-0.2, -0.15) is 5.10 Å². The van der Waals surface area contributed by atoms with Crippen molar-refractivity contribution in [1.29, 1.82) is 0 Å². The van der Waals surface area contributed by atoms with Crippen LogP contribution < -0.4 is 5.32 Å². The fourth-order valence-corrected chi connectivity index (χ4v) is 3.41. The molecule has 1 aromatic carbocycles. The van der Waals surface area contributed by atoms with Gasteiger partial charge in [0, 0.05) is 29.2 Å². The number of hydrogen-bond acceptors (Lipinski definition) is 3. The molecule has 126 valence electrons. The number of pyridine rings is 1. The first-order valence-corrected chi connectivity index (χ1v) is 8.60. The van der Waals surface area contributed by atoms with E-state index < -0.39 is 0 Å². The topological polar surface area (TPSA) is 59.8 Å². The van der Waals surface area contributed by atoms with Crippen LogP contribution in [0.25, 0.3) is 0 Å². The van der Waals surface area contributed by atoms with Crippen molar-refractivity contribution in [3.63, 3.8) is 0 Å². The van der Waals surface area contributed by atoms with Gasteiger partial charge in [0.15, 0.2) is 0 Å². The van der Waals surface area contributed by atoms with Gasteiger partial charge >= 0.3 is 0 Å². The SMILES string of the molecule is O=C(N[C@H]1CCCc2c1cnn2Cc1ccccc1)c1ccncc1. The largest absolute Gasteiger partial charge is 0.345 e. The van der Waals surface area contributed by atoms with Crippen LogP contribution in [0.4, 0.5) is 0 Å². The lowest BCUT2D eigenvalue weighted by molar-refractivity contribution is 0.0932. The Bertz CT molecular complexity index is 858. The van der Waals surface area contributed by atoms with Crippen molar-refractivity contribution in [2.45, 2.75) is 31.8 Å². The summed E-state index contributed by atoms with van der Waals surface area (Å²) in [6.07, 6.45) is 8.19. The van der Waals surface area contributed by atoms with Gasteiger partial charge in [0.25, 0.3) is 5.91 Å². The maximum absolute atomic E-state index is 12.5. The molecule has 1 N–H and O–H groups in total. The third-order valence-corrected chi connectivity index (χ3v) is 4.69. The molecule has 0 spiro atoms. The summed E-state index contributed by atoms with van der Waals surface area (Å²) in [5.41, 5.74) is 4.25. The highest BCUT2D eigenvalue weighted by Gasteiger charge is 2.25. The number of nitrogens with zero attached hydrogens (tertiary/aromatic N) is 3. The first kappa shape index (κ1) is 15.6. The average molecular weight is 332 g/mol. The first-order chi connectivity index (χ1) is 12.3. The van der Waals surface area contributed by atoms with Crippen LogP contribution >= 0.6 is 0 Å². The Morgan fingerprint density at radius 3 is 2.76 bits per heavy atom. The molecule has 0 saturated carbocycles. The highest BCUT2D eigenvalue weighted by atomic mass is 16.1. The number of rotatable bonds is 4. The lowest BCUT2D eigenvalue weighted by Crippen LogP contribution is -2.31. The second-order valence-electron chi connectivity index (χ2n) is 6.34. The molecule has 2 heterocycles. The van der Waals surface area contributed by atoms with Crippen LogP contribution in [0.5, 0.6) is 0 Å². The van der Waals surface area contributed by atoms with E-state index in [4.69, 9.17) is 0 Å². The Kier molecular flexibility index (Phi) is 4.29. The molecule has 2 aromatic heterocycles. The van der Waals surface area contributed by atoms with Gasteiger partial charge in [-0.25, -0.2) is 0 Å². The predicted octanol–water partition coefficient (Wildman–Crippen LogP) is 3.13. The van der Waals surface area contributed by atoms with Crippen LogP contribution in [0.2, 0.25) is 0 Å². The predicted molar refractivity (Wildman–Crippen MR) is 95.2 cm³/mol. The third-order valence-electron chi connectivity index (χ3n) is 4.69. The Balaban J connectivity index is 1.54. The molecule has 5 heteroatoms. The number of carbonyl (C=O) groups is 1. The lowest BCUT2D eigenvalue weighted by atomic mass is 9.92. The zero-order valence-corrected chi connectivity index (χ0v) is 13.9. The van der Waals surface area contributed by atoms with E-state index in [1.54, 1.807) is 24.5 Å². The standard InChI is InChI=1S/C20H20N4O/c25-20(16-9-11-21-12-10-16)23-18-7-4-8-19-17(18)13-22-24(19)14-15-5-2-1-3-6-15/h1-3,5-6,9-13,18H,4,7-8,14H2,(H,23,25)/t18-/m0/s1. The minimum absolute atomic E-state index is 0.0222. The van der Waals surface area contributed by atoms with E-state index in [0.29, 0.717) is 5.56 Å².